The SMILES string of the molecule is Cl.Cn1c(=O)c2c(ncn2CC(O)CO)n(C)c1=O. The topological polar surface area (TPSA) is 102 Å². The van der Waals surface area contributed by atoms with Gasteiger partial charge in [-0.2, -0.15) is 0 Å². The summed E-state index contributed by atoms with van der Waals surface area (Å²) in [7, 11) is 2.90. The van der Waals surface area contributed by atoms with E-state index in [2.05, 4.69) is 4.98 Å². The molecule has 2 aromatic heterocycles. The Morgan fingerprint density at radius 1 is 1.32 bits per heavy atom. The van der Waals surface area contributed by atoms with E-state index < -0.39 is 24.0 Å². The molecule has 0 aliphatic heterocycles. The Kier molecular flexibility index (Phi) is 4.51. The maximum atomic E-state index is 12.0. The van der Waals surface area contributed by atoms with Gasteiger partial charge in [0.1, 0.15) is 0 Å². The molecule has 0 saturated heterocycles. The Labute approximate surface area is 114 Å². The van der Waals surface area contributed by atoms with E-state index in [1.807, 2.05) is 0 Å². The highest BCUT2D eigenvalue weighted by molar-refractivity contribution is 5.85. The summed E-state index contributed by atoms with van der Waals surface area (Å²) < 4.78 is 3.67. The lowest BCUT2D eigenvalue weighted by Gasteiger charge is -2.09. The molecule has 0 saturated carbocycles. The van der Waals surface area contributed by atoms with Gasteiger partial charge in [0, 0.05) is 14.1 Å². The van der Waals surface area contributed by atoms with Crippen LogP contribution in [0.3, 0.4) is 0 Å². The van der Waals surface area contributed by atoms with Gasteiger partial charge in [-0.15, -0.1) is 12.4 Å². The zero-order valence-electron chi connectivity index (χ0n) is 10.5. The first-order valence-electron chi connectivity index (χ1n) is 5.37. The number of imidazole rings is 1. The Morgan fingerprint density at radius 2 is 1.95 bits per heavy atom. The molecule has 0 spiro atoms. The van der Waals surface area contributed by atoms with Crippen molar-refractivity contribution in [1.29, 1.82) is 0 Å². The van der Waals surface area contributed by atoms with E-state index in [0.717, 1.165) is 4.57 Å². The molecule has 0 aliphatic carbocycles. The largest absolute Gasteiger partial charge is 0.394 e. The number of rotatable bonds is 3. The van der Waals surface area contributed by atoms with E-state index in [4.69, 9.17) is 5.11 Å². The molecule has 8 nitrogen and oxygen atoms in total. The van der Waals surface area contributed by atoms with E-state index in [9.17, 15) is 14.7 Å². The minimum Gasteiger partial charge on any atom is -0.394 e. The standard InChI is InChI=1S/C10H14N4O4.ClH/c1-12-8-7(9(17)13(2)10(12)18)14(5-11-8)3-6(16)4-15;/h5-6,15-16H,3-4H2,1-2H3;1H. The number of aliphatic hydroxyl groups is 2. The van der Waals surface area contributed by atoms with E-state index in [0.29, 0.717) is 0 Å². The molecule has 0 bridgehead atoms. The fourth-order valence-corrected chi connectivity index (χ4v) is 1.82. The molecule has 2 heterocycles. The van der Waals surface area contributed by atoms with Crippen molar-refractivity contribution in [2.24, 2.45) is 14.1 Å². The van der Waals surface area contributed by atoms with E-state index in [1.165, 1.54) is 29.6 Å². The number of nitrogens with zero attached hydrogens (tertiary/aromatic N) is 4. The van der Waals surface area contributed by atoms with Gasteiger partial charge in [-0.3, -0.25) is 13.9 Å². The van der Waals surface area contributed by atoms with Crippen LogP contribution in [0.1, 0.15) is 0 Å². The van der Waals surface area contributed by atoms with Crippen LogP contribution in [-0.2, 0) is 20.6 Å². The number of fused-ring (bicyclic) bond motifs is 1. The quantitative estimate of drug-likeness (QED) is 0.695. The van der Waals surface area contributed by atoms with Gasteiger partial charge in [-0.1, -0.05) is 0 Å². The van der Waals surface area contributed by atoms with Crippen LogP contribution in [0, 0.1) is 0 Å². The summed E-state index contributed by atoms with van der Waals surface area (Å²) in [4.78, 5) is 27.7. The predicted octanol–water partition coefficient (Wildman–Crippen LogP) is -1.79. The summed E-state index contributed by atoms with van der Waals surface area (Å²) >= 11 is 0. The summed E-state index contributed by atoms with van der Waals surface area (Å²) in [6, 6.07) is 0. The molecule has 0 aromatic carbocycles. The first kappa shape index (κ1) is 15.4. The van der Waals surface area contributed by atoms with E-state index >= 15 is 0 Å². The molecule has 2 N–H and O–H groups in total. The number of hydrogen-bond donors (Lipinski definition) is 2. The summed E-state index contributed by atoms with van der Waals surface area (Å²) in [5.74, 6) is 0. The van der Waals surface area contributed by atoms with Crippen molar-refractivity contribution in [3.63, 3.8) is 0 Å². The molecule has 19 heavy (non-hydrogen) atoms. The number of aryl methyl sites for hydroxylation is 1. The van der Waals surface area contributed by atoms with Crippen molar-refractivity contribution in [1.82, 2.24) is 18.7 Å². The fraction of sp³-hybridized carbons (Fsp3) is 0.500. The van der Waals surface area contributed by atoms with Crippen LogP contribution in [0.25, 0.3) is 11.2 Å². The third kappa shape index (κ3) is 2.42. The Balaban J connectivity index is 0.00000180. The zero-order valence-corrected chi connectivity index (χ0v) is 11.3. The first-order valence-corrected chi connectivity index (χ1v) is 5.37. The Hall–Kier alpha value is -1.64. The van der Waals surface area contributed by atoms with Gasteiger partial charge in [-0.25, -0.2) is 9.78 Å². The summed E-state index contributed by atoms with van der Waals surface area (Å²) in [6.07, 6.45) is 0.383. The molecule has 2 aromatic rings. The van der Waals surface area contributed by atoms with Gasteiger partial charge in [0.05, 0.1) is 25.6 Å². The van der Waals surface area contributed by atoms with Crippen molar-refractivity contribution in [2.45, 2.75) is 12.6 Å². The van der Waals surface area contributed by atoms with Crippen molar-refractivity contribution >= 4 is 23.6 Å². The van der Waals surface area contributed by atoms with Crippen molar-refractivity contribution < 1.29 is 10.2 Å². The molecule has 1 unspecified atom stereocenters. The third-order valence-electron chi connectivity index (χ3n) is 2.84. The fourth-order valence-electron chi connectivity index (χ4n) is 1.82. The van der Waals surface area contributed by atoms with E-state index in [1.54, 1.807) is 0 Å². The molecule has 1 atom stereocenters. The minimum absolute atomic E-state index is 0. The van der Waals surface area contributed by atoms with Crippen LogP contribution in [-0.4, -0.2) is 41.6 Å². The van der Waals surface area contributed by atoms with Gasteiger partial charge >= 0.3 is 5.69 Å². The molecular weight excluding hydrogens is 276 g/mol. The second kappa shape index (κ2) is 5.55. The number of aromatic nitrogens is 4. The van der Waals surface area contributed by atoms with Crippen molar-refractivity contribution in [2.75, 3.05) is 6.61 Å². The summed E-state index contributed by atoms with van der Waals surface area (Å²) in [6.45, 7) is -0.369. The van der Waals surface area contributed by atoms with Gasteiger partial charge in [-0.05, 0) is 0 Å². The highest BCUT2D eigenvalue weighted by atomic mass is 35.5. The van der Waals surface area contributed by atoms with E-state index in [-0.39, 0.29) is 30.1 Å². The summed E-state index contributed by atoms with van der Waals surface area (Å²) in [5, 5.41) is 18.2. The maximum Gasteiger partial charge on any atom is 0.332 e. The molecule has 9 heteroatoms. The molecule has 106 valence electrons. The van der Waals surface area contributed by atoms with Crippen LogP contribution >= 0.6 is 12.4 Å². The highest BCUT2D eigenvalue weighted by Gasteiger charge is 2.15. The van der Waals surface area contributed by atoms with Gasteiger partial charge in [0.2, 0.25) is 0 Å². The average Bonchev–Trinajstić information content (AvgIpc) is 2.77. The lowest BCUT2D eigenvalue weighted by Crippen LogP contribution is -2.38. The van der Waals surface area contributed by atoms with Crippen LogP contribution in [0.2, 0.25) is 0 Å². The highest BCUT2D eigenvalue weighted by Crippen LogP contribution is 2.06. The van der Waals surface area contributed by atoms with Crippen molar-refractivity contribution in [3.05, 3.63) is 27.2 Å². The van der Waals surface area contributed by atoms with Gasteiger partial charge in [0.25, 0.3) is 5.56 Å². The molecule has 0 fully saturated rings. The predicted molar refractivity (Wildman–Crippen MR) is 70.6 cm³/mol. The molecule has 0 amide bonds. The van der Waals surface area contributed by atoms with Crippen LogP contribution in [0.15, 0.2) is 15.9 Å². The minimum atomic E-state index is -0.982. The van der Waals surface area contributed by atoms with Crippen molar-refractivity contribution in [3.8, 4) is 0 Å². The van der Waals surface area contributed by atoms with Crippen LogP contribution in [0.4, 0.5) is 0 Å². The monoisotopic (exact) mass is 290 g/mol. The smallest absolute Gasteiger partial charge is 0.332 e. The lowest BCUT2D eigenvalue weighted by molar-refractivity contribution is 0.0820. The Bertz CT molecular complexity index is 702. The van der Waals surface area contributed by atoms with Gasteiger partial charge in [0.15, 0.2) is 11.2 Å². The molecule has 2 rings (SSSR count). The second-order valence-corrected chi connectivity index (χ2v) is 4.11. The molecular formula is C10H15ClN4O4. The second-order valence-electron chi connectivity index (χ2n) is 4.11. The van der Waals surface area contributed by atoms with Crippen LogP contribution < -0.4 is 11.2 Å². The third-order valence-corrected chi connectivity index (χ3v) is 2.84. The number of aliphatic hydroxyl groups excluding tert-OH is 2. The maximum absolute atomic E-state index is 12.0. The average molecular weight is 291 g/mol. The first-order chi connectivity index (χ1) is 8.47. The Morgan fingerprint density at radius 3 is 2.53 bits per heavy atom. The van der Waals surface area contributed by atoms with Crippen LogP contribution in [0.5, 0.6) is 0 Å². The summed E-state index contributed by atoms with van der Waals surface area (Å²) in [5.41, 5.74) is -0.448. The zero-order chi connectivity index (χ0) is 13.4. The number of halogens is 1. The molecule has 0 aliphatic rings. The number of hydrogen-bond acceptors (Lipinski definition) is 5. The normalized spacial score (nSPS) is 12.4. The van der Waals surface area contributed by atoms with Gasteiger partial charge < -0.3 is 14.8 Å². The molecule has 0 radical (unpaired) electrons. The lowest BCUT2D eigenvalue weighted by atomic mass is 10.3.